The van der Waals surface area contributed by atoms with Crippen molar-refractivity contribution in [2.24, 2.45) is 0 Å². The van der Waals surface area contributed by atoms with E-state index in [1.165, 1.54) is 0 Å². The first-order valence-corrected chi connectivity index (χ1v) is 7.85. The molecule has 3 nitrogen and oxygen atoms in total. The molecule has 0 amide bonds. The number of benzene rings is 3. The normalized spacial score (nSPS) is 10.2. The fraction of sp³-hybridized carbons (Fsp3) is 0. The molecule has 116 valence electrons. The van der Waals surface area contributed by atoms with E-state index in [9.17, 15) is 5.11 Å². The van der Waals surface area contributed by atoms with Crippen LogP contribution in [0.25, 0.3) is 33.9 Å². The van der Waals surface area contributed by atoms with E-state index in [1.54, 1.807) is 12.1 Å². The first-order valence-electron chi connectivity index (χ1n) is 7.85. The van der Waals surface area contributed by atoms with Crippen LogP contribution >= 0.6 is 0 Å². The van der Waals surface area contributed by atoms with Crippen LogP contribution in [-0.2, 0) is 0 Å². The summed E-state index contributed by atoms with van der Waals surface area (Å²) in [6.45, 7) is 0. The molecule has 1 heterocycles. The van der Waals surface area contributed by atoms with Gasteiger partial charge >= 0.3 is 10.1 Å². The fourth-order valence-corrected chi connectivity index (χ4v) is 2.86. The molecule has 0 unspecified atom stereocenters. The van der Waals surface area contributed by atoms with Crippen LogP contribution in [-0.4, -0.2) is 15.1 Å². The number of para-hydroxylation sites is 1. The van der Waals surface area contributed by atoms with Gasteiger partial charge in [0.2, 0.25) is 0 Å². The summed E-state index contributed by atoms with van der Waals surface area (Å²) in [6, 6.07) is 27.3. The summed E-state index contributed by atoms with van der Waals surface area (Å²) in [7, 11) is 0. The quantitative estimate of drug-likeness (QED) is 0.577. The van der Waals surface area contributed by atoms with Crippen LogP contribution in [0.2, 0.25) is 0 Å². The molecule has 0 aliphatic heterocycles. The van der Waals surface area contributed by atoms with Crippen LogP contribution in [0, 0.1) is 0 Å². The average molecular weight is 321 g/mol. The summed E-state index contributed by atoms with van der Waals surface area (Å²) >= 11 is 0. The molecule has 3 aromatic carbocycles. The Balaban J connectivity index is 0.00000182. The second kappa shape index (κ2) is 7.16. The summed E-state index contributed by atoms with van der Waals surface area (Å²) in [6.07, 6.45) is 0. The van der Waals surface area contributed by atoms with Gasteiger partial charge in [0.1, 0.15) is 0 Å². The number of aromatic amines is 2. The van der Waals surface area contributed by atoms with Gasteiger partial charge in [0.25, 0.3) is 5.82 Å². The first kappa shape index (κ1) is 16.7. The predicted molar refractivity (Wildman–Crippen MR) is 98.9 cm³/mol. The Kier molecular flexibility index (Phi) is 4.78. The third kappa shape index (κ3) is 3.23. The summed E-state index contributed by atoms with van der Waals surface area (Å²) in [5.41, 5.74) is 4.72. The van der Waals surface area contributed by atoms with E-state index in [1.807, 2.05) is 48.5 Å². The largest absolute Gasteiger partial charge is 2.00 e. The number of rotatable bonds is 3. The molecule has 4 aromatic rings. The zero-order chi connectivity index (χ0) is 16.4. The molecule has 0 aliphatic rings. The van der Waals surface area contributed by atoms with Gasteiger partial charge in [-0.2, -0.15) is 0 Å². The molecule has 0 saturated carbocycles. The molecule has 4 rings (SSSR count). The van der Waals surface area contributed by atoms with Crippen molar-refractivity contribution in [3.05, 3.63) is 84.9 Å². The SMILES string of the molecule is [Be+2].[O-]c1ccccc1-c1[nH]c(-c2ccccc2)c(-c2ccccc2)[nH+]1. The maximum Gasteiger partial charge on any atom is 2.00 e. The molecular formula is C21H16BeN2O+2. The van der Waals surface area contributed by atoms with Crippen LogP contribution in [0.1, 0.15) is 0 Å². The van der Waals surface area contributed by atoms with Gasteiger partial charge in [0, 0.05) is 11.1 Å². The molecule has 4 heteroatoms. The van der Waals surface area contributed by atoms with E-state index in [0.717, 1.165) is 28.3 Å². The molecule has 0 spiro atoms. The molecule has 2 N–H and O–H groups in total. The van der Waals surface area contributed by atoms with Gasteiger partial charge in [0.05, 0.1) is 5.56 Å². The maximum atomic E-state index is 12.2. The smallest absolute Gasteiger partial charge is 0.872 e. The van der Waals surface area contributed by atoms with Crippen molar-refractivity contribution in [3.63, 3.8) is 0 Å². The van der Waals surface area contributed by atoms with Gasteiger partial charge in [-0.25, -0.2) is 9.97 Å². The summed E-state index contributed by atoms with van der Waals surface area (Å²) in [5, 5.41) is 12.2. The van der Waals surface area contributed by atoms with E-state index in [-0.39, 0.29) is 15.9 Å². The molecule has 0 radical (unpaired) electrons. The van der Waals surface area contributed by atoms with Crippen molar-refractivity contribution >= 4 is 10.1 Å². The van der Waals surface area contributed by atoms with E-state index in [0.29, 0.717) is 5.56 Å². The Morgan fingerprint density at radius 2 is 1.24 bits per heavy atom. The van der Waals surface area contributed by atoms with Gasteiger partial charge < -0.3 is 5.11 Å². The van der Waals surface area contributed by atoms with Crippen molar-refractivity contribution in [1.82, 2.24) is 4.98 Å². The third-order valence-corrected chi connectivity index (χ3v) is 4.03. The molecule has 0 fully saturated rings. The van der Waals surface area contributed by atoms with Crippen LogP contribution < -0.4 is 10.1 Å². The third-order valence-electron chi connectivity index (χ3n) is 4.03. The molecular weight excluding hydrogens is 305 g/mol. The molecule has 1 aromatic heterocycles. The standard InChI is InChI=1S/C21H16N2O.Be/c24-18-14-8-7-13-17(18)21-22-19(15-9-3-1-4-10-15)20(23-21)16-11-5-2-6-12-16;/h1-14,24H,(H,22,23);/q;+2. The van der Waals surface area contributed by atoms with Gasteiger partial charge in [-0.3, -0.25) is 0 Å². The van der Waals surface area contributed by atoms with Gasteiger partial charge in [-0.1, -0.05) is 84.6 Å². The van der Waals surface area contributed by atoms with E-state index in [4.69, 9.17) is 0 Å². The monoisotopic (exact) mass is 321 g/mol. The molecule has 0 aliphatic carbocycles. The second-order valence-electron chi connectivity index (χ2n) is 5.60. The minimum atomic E-state index is -0.00535. The van der Waals surface area contributed by atoms with Crippen LogP contribution in [0.5, 0.6) is 5.75 Å². The van der Waals surface area contributed by atoms with Crippen molar-refractivity contribution in [3.8, 4) is 39.7 Å². The van der Waals surface area contributed by atoms with Gasteiger partial charge in [-0.15, -0.1) is 0 Å². The second-order valence-corrected chi connectivity index (χ2v) is 5.60. The Bertz CT molecular complexity index is 909. The fourth-order valence-electron chi connectivity index (χ4n) is 2.86. The van der Waals surface area contributed by atoms with Crippen LogP contribution in [0.3, 0.4) is 0 Å². The Morgan fingerprint density at radius 3 is 1.88 bits per heavy atom. The van der Waals surface area contributed by atoms with Crippen LogP contribution in [0.15, 0.2) is 84.9 Å². The van der Waals surface area contributed by atoms with E-state index >= 15 is 0 Å². The zero-order valence-electron chi connectivity index (χ0n) is 13.7. The summed E-state index contributed by atoms with van der Waals surface area (Å²) in [4.78, 5) is 6.80. The summed E-state index contributed by atoms with van der Waals surface area (Å²) < 4.78 is 0. The van der Waals surface area contributed by atoms with Crippen molar-refractivity contribution in [1.29, 1.82) is 0 Å². The number of hydrogen-bond donors (Lipinski definition) is 1. The van der Waals surface area contributed by atoms with Crippen molar-refractivity contribution in [2.75, 3.05) is 0 Å². The Morgan fingerprint density at radius 1 is 0.680 bits per heavy atom. The number of imidazole rings is 1. The molecule has 25 heavy (non-hydrogen) atoms. The maximum absolute atomic E-state index is 12.2. The van der Waals surface area contributed by atoms with Gasteiger partial charge in [-0.05, 0) is 6.07 Å². The topological polar surface area (TPSA) is 53.0 Å². The van der Waals surface area contributed by atoms with E-state index in [2.05, 4.69) is 34.2 Å². The molecule has 0 bridgehead atoms. The zero-order valence-corrected chi connectivity index (χ0v) is 13.7. The van der Waals surface area contributed by atoms with E-state index < -0.39 is 0 Å². The summed E-state index contributed by atoms with van der Waals surface area (Å²) in [5.74, 6) is 0.715. The number of hydrogen-bond acceptors (Lipinski definition) is 1. The number of H-pyrrole nitrogens is 2. The molecule has 0 saturated heterocycles. The molecule has 0 atom stereocenters. The Labute approximate surface area is 150 Å². The number of aromatic nitrogens is 2. The van der Waals surface area contributed by atoms with Gasteiger partial charge in [0.15, 0.2) is 11.4 Å². The van der Waals surface area contributed by atoms with Crippen molar-refractivity contribution in [2.45, 2.75) is 0 Å². The first-order chi connectivity index (χ1) is 11.8. The van der Waals surface area contributed by atoms with Crippen molar-refractivity contribution < 1.29 is 10.1 Å². The minimum absolute atomic E-state index is 0. The minimum Gasteiger partial charge on any atom is -0.872 e. The number of nitrogens with one attached hydrogen (secondary N) is 2. The van der Waals surface area contributed by atoms with Crippen LogP contribution in [0.4, 0.5) is 0 Å². The average Bonchev–Trinajstić information content (AvgIpc) is 3.09. The Hall–Kier alpha value is -3.16. The predicted octanol–water partition coefficient (Wildman–Crippen LogP) is 3.52.